The van der Waals surface area contributed by atoms with Crippen molar-refractivity contribution in [2.24, 2.45) is 5.73 Å². The summed E-state index contributed by atoms with van der Waals surface area (Å²) in [7, 11) is 1.43. The van der Waals surface area contributed by atoms with E-state index in [1.807, 2.05) is 13.8 Å². The van der Waals surface area contributed by atoms with Gasteiger partial charge in [-0.1, -0.05) is 13.0 Å². The van der Waals surface area contributed by atoms with Crippen LogP contribution in [0, 0.1) is 6.92 Å². The number of ether oxygens (including phenoxy) is 1. The molecule has 2 nitrogen and oxygen atoms in total. The minimum absolute atomic E-state index is 0.0607. The molecule has 0 aliphatic rings. The number of hydrogen-bond acceptors (Lipinski definition) is 2. The first-order chi connectivity index (χ1) is 8.32. The summed E-state index contributed by atoms with van der Waals surface area (Å²) in [6.07, 6.45) is 0.746. The lowest BCUT2D eigenvalue weighted by Crippen LogP contribution is -2.14. The summed E-state index contributed by atoms with van der Waals surface area (Å²) in [6.45, 7) is 5.30. The molecule has 1 aromatic rings. The fraction of sp³-hybridized carbons (Fsp3) is 0.571. The van der Waals surface area contributed by atoms with E-state index in [1.165, 1.54) is 13.2 Å². The third-order valence-corrected chi connectivity index (χ3v) is 3.18. The molecule has 0 aliphatic heterocycles. The van der Waals surface area contributed by atoms with Crippen molar-refractivity contribution in [2.45, 2.75) is 39.0 Å². The van der Waals surface area contributed by atoms with Crippen LogP contribution in [-0.4, -0.2) is 13.7 Å². The molecule has 0 aliphatic carbocycles. The van der Waals surface area contributed by atoms with E-state index in [4.69, 9.17) is 10.5 Å². The Hall–Kier alpha value is -1.16. The van der Waals surface area contributed by atoms with E-state index >= 15 is 0 Å². The molecule has 2 N–H and O–H groups in total. The van der Waals surface area contributed by atoms with Gasteiger partial charge in [0, 0.05) is 12.5 Å². The van der Waals surface area contributed by atoms with E-state index in [-0.39, 0.29) is 11.5 Å². The van der Waals surface area contributed by atoms with Crippen molar-refractivity contribution in [1.29, 1.82) is 0 Å². The third-order valence-electron chi connectivity index (χ3n) is 3.18. The molecule has 18 heavy (non-hydrogen) atoms. The summed E-state index contributed by atoms with van der Waals surface area (Å²) in [6, 6.07) is 3.16. The normalized spacial score (nSPS) is 13.5. The fourth-order valence-electron chi connectivity index (χ4n) is 2.27. The zero-order valence-corrected chi connectivity index (χ0v) is 11.4. The fourth-order valence-corrected chi connectivity index (χ4v) is 2.27. The van der Waals surface area contributed by atoms with Gasteiger partial charge in [0.05, 0.1) is 12.7 Å². The Morgan fingerprint density at radius 1 is 1.39 bits per heavy atom. The van der Waals surface area contributed by atoms with Crippen molar-refractivity contribution in [1.82, 2.24) is 0 Å². The number of halogens is 2. The second-order valence-electron chi connectivity index (χ2n) is 4.74. The SMILES string of the molecule is COc1c(C(C)(F)F)ccc(C)c1C(C)CCN. The molecular weight excluding hydrogens is 236 g/mol. The second kappa shape index (κ2) is 5.65. The van der Waals surface area contributed by atoms with E-state index in [0.717, 1.165) is 24.5 Å². The number of alkyl halides is 2. The van der Waals surface area contributed by atoms with Crippen LogP contribution in [0.15, 0.2) is 12.1 Å². The molecule has 0 aromatic heterocycles. The van der Waals surface area contributed by atoms with Crippen molar-refractivity contribution >= 4 is 0 Å². The first-order valence-electron chi connectivity index (χ1n) is 6.08. The lowest BCUT2D eigenvalue weighted by atomic mass is 9.89. The standard InChI is InChI=1S/C14H21F2NO/c1-9-5-6-11(14(3,15)16)13(18-4)12(9)10(2)7-8-17/h5-6,10H,7-8,17H2,1-4H3. The predicted molar refractivity (Wildman–Crippen MR) is 69.4 cm³/mol. The molecule has 1 atom stereocenters. The molecule has 0 radical (unpaired) electrons. The highest BCUT2D eigenvalue weighted by atomic mass is 19.3. The zero-order chi connectivity index (χ0) is 13.9. The number of benzene rings is 1. The van der Waals surface area contributed by atoms with Crippen LogP contribution in [0.3, 0.4) is 0 Å². The Morgan fingerprint density at radius 2 is 2.00 bits per heavy atom. The van der Waals surface area contributed by atoms with Crippen LogP contribution in [0.5, 0.6) is 5.75 Å². The lowest BCUT2D eigenvalue weighted by Gasteiger charge is -2.23. The Balaban J connectivity index is 3.39. The zero-order valence-electron chi connectivity index (χ0n) is 11.4. The van der Waals surface area contributed by atoms with Gasteiger partial charge >= 0.3 is 0 Å². The van der Waals surface area contributed by atoms with Crippen molar-refractivity contribution in [3.63, 3.8) is 0 Å². The summed E-state index contributed by atoms with van der Waals surface area (Å²) >= 11 is 0. The second-order valence-corrected chi connectivity index (χ2v) is 4.74. The van der Waals surface area contributed by atoms with Crippen LogP contribution in [0.4, 0.5) is 8.78 Å². The van der Waals surface area contributed by atoms with Gasteiger partial charge in [-0.2, -0.15) is 0 Å². The van der Waals surface area contributed by atoms with Crippen LogP contribution in [-0.2, 0) is 5.92 Å². The van der Waals surface area contributed by atoms with Gasteiger partial charge in [-0.3, -0.25) is 0 Å². The monoisotopic (exact) mass is 257 g/mol. The molecule has 0 saturated heterocycles. The summed E-state index contributed by atoms with van der Waals surface area (Å²) in [5.41, 5.74) is 7.28. The van der Waals surface area contributed by atoms with Crippen molar-refractivity contribution in [3.8, 4) is 5.75 Å². The molecule has 0 fully saturated rings. The smallest absolute Gasteiger partial charge is 0.274 e. The van der Waals surface area contributed by atoms with E-state index in [2.05, 4.69) is 0 Å². The van der Waals surface area contributed by atoms with Gasteiger partial charge in [0.25, 0.3) is 5.92 Å². The van der Waals surface area contributed by atoms with Gasteiger partial charge in [-0.15, -0.1) is 0 Å². The van der Waals surface area contributed by atoms with E-state index in [1.54, 1.807) is 6.07 Å². The van der Waals surface area contributed by atoms with Crippen molar-refractivity contribution < 1.29 is 13.5 Å². The molecule has 0 heterocycles. The molecule has 1 unspecified atom stereocenters. The molecule has 0 spiro atoms. The quantitative estimate of drug-likeness (QED) is 0.875. The Labute approximate surface area is 107 Å². The molecule has 1 aromatic carbocycles. The first-order valence-corrected chi connectivity index (χ1v) is 6.08. The maximum atomic E-state index is 13.6. The average molecular weight is 257 g/mol. The third kappa shape index (κ3) is 2.99. The minimum atomic E-state index is -2.91. The van der Waals surface area contributed by atoms with Crippen LogP contribution in [0.1, 0.15) is 42.9 Å². The van der Waals surface area contributed by atoms with Gasteiger partial charge in [0.15, 0.2) is 0 Å². The predicted octanol–water partition coefficient (Wildman–Crippen LogP) is 3.57. The highest BCUT2D eigenvalue weighted by Gasteiger charge is 2.31. The first kappa shape index (κ1) is 14.9. The molecule has 0 bridgehead atoms. The molecule has 4 heteroatoms. The number of rotatable bonds is 5. The average Bonchev–Trinajstić information content (AvgIpc) is 2.26. The van der Waals surface area contributed by atoms with Gasteiger partial charge in [0.2, 0.25) is 0 Å². The summed E-state index contributed by atoms with van der Waals surface area (Å²) in [4.78, 5) is 0. The van der Waals surface area contributed by atoms with E-state index < -0.39 is 5.92 Å². The highest BCUT2D eigenvalue weighted by molar-refractivity contribution is 5.49. The molecule has 0 saturated carbocycles. The van der Waals surface area contributed by atoms with Crippen LogP contribution >= 0.6 is 0 Å². The molecule has 1 rings (SSSR count). The topological polar surface area (TPSA) is 35.2 Å². The highest BCUT2D eigenvalue weighted by Crippen LogP contribution is 2.41. The molecule has 102 valence electrons. The Kier molecular flexibility index (Phi) is 4.68. The Bertz CT molecular complexity index is 413. The maximum Gasteiger partial charge on any atom is 0.274 e. The van der Waals surface area contributed by atoms with Crippen LogP contribution in [0.25, 0.3) is 0 Å². The van der Waals surface area contributed by atoms with Crippen LogP contribution in [0.2, 0.25) is 0 Å². The van der Waals surface area contributed by atoms with E-state index in [9.17, 15) is 8.78 Å². The summed E-state index contributed by atoms with van der Waals surface area (Å²) in [5, 5.41) is 0. The van der Waals surface area contributed by atoms with Gasteiger partial charge < -0.3 is 10.5 Å². The maximum absolute atomic E-state index is 13.6. The van der Waals surface area contributed by atoms with E-state index in [0.29, 0.717) is 12.3 Å². The van der Waals surface area contributed by atoms with Gasteiger partial charge in [0.1, 0.15) is 5.75 Å². The lowest BCUT2D eigenvalue weighted by molar-refractivity contribution is 0.0149. The van der Waals surface area contributed by atoms with Crippen molar-refractivity contribution in [3.05, 3.63) is 28.8 Å². The van der Waals surface area contributed by atoms with Crippen molar-refractivity contribution in [2.75, 3.05) is 13.7 Å². The molecule has 0 amide bonds. The summed E-state index contributed by atoms with van der Waals surface area (Å²) < 4.78 is 32.3. The number of nitrogens with two attached hydrogens (primary N) is 1. The number of hydrogen-bond donors (Lipinski definition) is 1. The minimum Gasteiger partial charge on any atom is -0.496 e. The molecular formula is C14H21F2NO. The van der Waals surface area contributed by atoms with Gasteiger partial charge in [-0.25, -0.2) is 8.78 Å². The van der Waals surface area contributed by atoms with Gasteiger partial charge in [-0.05, 0) is 37.4 Å². The number of aryl methyl sites for hydroxylation is 1. The largest absolute Gasteiger partial charge is 0.496 e. The summed E-state index contributed by atoms with van der Waals surface area (Å²) in [5.74, 6) is -2.51. The Morgan fingerprint density at radius 3 is 2.44 bits per heavy atom. The van der Waals surface area contributed by atoms with Crippen LogP contribution < -0.4 is 10.5 Å². The number of methoxy groups -OCH3 is 1.